The Morgan fingerprint density at radius 1 is 0.842 bits per heavy atom. The van der Waals surface area contributed by atoms with E-state index in [1.165, 1.54) is 10.9 Å². The van der Waals surface area contributed by atoms with Gasteiger partial charge in [0.05, 0.1) is 6.33 Å². The summed E-state index contributed by atoms with van der Waals surface area (Å²) in [6.07, 6.45) is 5.08. The van der Waals surface area contributed by atoms with E-state index in [0.29, 0.717) is 6.71 Å². The molecule has 0 amide bonds. The van der Waals surface area contributed by atoms with Gasteiger partial charge in [-0.05, 0) is 0 Å². The highest BCUT2D eigenvalue weighted by molar-refractivity contribution is 6.84. The number of rotatable bonds is 2. The van der Waals surface area contributed by atoms with E-state index in [4.69, 9.17) is 0 Å². The third-order valence-electron chi connectivity index (χ3n) is 3.01. The van der Waals surface area contributed by atoms with E-state index in [1.54, 1.807) is 18.7 Å². The molecule has 0 radical (unpaired) electrons. The predicted molar refractivity (Wildman–Crippen MR) is 82.4 cm³/mol. The molecule has 0 spiro atoms. The first-order valence-corrected chi connectivity index (χ1v) is 6.40. The van der Waals surface area contributed by atoms with Crippen molar-refractivity contribution < 1.29 is 0 Å². The highest BCUT2D eigenvalue weighted by Gasteiger charge is 2.10. The quantitative estimate of drug-likeness (QED) is 0.693. The molecule has 0 aliphatic carbocycles. The van der Waals surface area contributed by atoms with E-state index in [9.17, 15) is 0 Å². The van der Waals surface area contributed by atoms with Crippen molar-refractivity contribution in [2.75, 3.05) is 0 Å². The van der Waals surface area contributed by atoms with E-state index in [0.717, 1.165) is 0 Å². The van der Waals surface area contributed by atoms with E-state index >= 15 is 0 Å². The van der Waals surface area contributed by atoms with Crippen LogP contribution in [0.2, 0.25) is 6.82 Å². The minimum absolute atomic E-state index is 0.484. The molecule has 0 atom stereocenters. The number of hydrogen-bond acceptors (Lipinski definition) is 1. The molecule has 3 aromatic rings. The largest absolute Gasteiger partial charge is 0.351 e. The standard InChI is InChI=1S/C13H13B.C3H4N2/c1-14(12-8-4-2-5-9-12)13-10-6-3-7-11-13;1-2-5-3-4-1/h2-11H,1H3;1-3H,(H,4,5). The molecule has 0 saturated heterocycles. The van der Waals surface area contributed by atoms with Crippen LogP contribution in [-0.4, -0.2) is 16.7 Å². The van der Waals surface area contributed by atoms with Crippen molar-refractivity contribution in [2.24, 2.45) is 0 Å². The van der Waals surface area contributed by atoms with Crippen LogP contribution < -0.4 is 10.9 Å². The second-order valence-corrected chi connectivity index (χ2v) is 4.30. The van der Waals surface area contributed by atoms with Crippen LogP contribution in [0.3, 0.4) is 0 Å². The fourth-order valence-electron chi connectivity index (χ4n) is 1.89. The average Bonchev–Trinajstić information content (AvgIpc) is 3.08. The van der Waals surface area contributed by atoms with Gasteiger partial charge in [0.1, 0.15) is 0 Å². The van der Waals surface area contributed by atoms with Gasteiger partial charge in [0.15, 0.2) is 0 Å². The van der Waals surface area contributed by atoms with Gasteiger partial charge in [-0.1, -0.05) is 78.4 Å². The zero-order chi connectivity index (χ0) is 13.3. The van der Waals surface area contributed by atoms with Crippen LogP contribution in [-0.2, 0) is 0 Å². The van der Waals surface area contributed by atoms with Crippen LogP contribution in [0.25, 0.3) is 0 Å². The summed E-state index contributed by atoms with van der Waals surface area (Å²) in [6.45, 7) is 2.72. The second kappa shape index (κ2) is 7.22. The van der Waals surface area contributed by atoms with Crippen molar-refractivity contribution in [1.82, 2.24) is 9.97 Å². The number of nitrogens with zero attached hydrogens (tertiary/aromatic N) is 1. The molecule has 3 heteroatoms. The lowest BCUT2D eigenvalue weighted by atomic mass is 9.43. The molecule has 2 aromatic carbocycles. The highest BCUT2D eigenvalue weighted by Crippen LogP contribution is 1.91. The van der Waals surface area contributed by atoms with Gasteiger partial charge in [-0.25, -0.2) is 4.98 Å². The second-order valence-electron chi connectivity index (χ2n) is 4.30. The Labute approximate surface area is 114 Å². The van der Waals surface area contributed by atoms with Crippen LogP contribution in [0, 0.1) is 0 Å². The zero-order valence-corrected chi connectivity index (χ0v) is 11.0. The van der Waals surface area contributed by atoms with Crippen LogP contribution in [0.4, 0.5) is 0 Å². The van der Waals surface area contributed by atoms with Crippen molar-refractivity contribution in [2.45, 2.75) is 6.82 Å². The van der Waals surface area contributed by atoms with Gasteiger partial charge in [0, 0.05) is 12.4 Å². The zero-order valence-electron chi connectivity index (χ0n) is 11.0. The maximum atomic E-state index is 3.67. The predicted octanol–water partition coefficient (Wildman–Crippen LogP) is 2.34. The van der Waals surface area contributed by atoms with Gasteiger partial charge < -0.3 is 4.98 Å². The van der Waals surface area contributed by atoms with Crippen LogP contribution in [0.15, 0.2) is 79.4 Å². The van der Waals surface area contributed by atoms with Gasteiger partial charge in [-0.3, -0.25) is 0 Å². The molecule has 0 aliphatic heterocycles. The summed E-state index contributed by atoms with van der Waals surface area (Å²) < 4.78 is 0. The lowest BCUT2D eigenvalue weighted by molar-refractivity contribution is 1.31. The minimum Gasteiger partial charge on any atom is -0.351 e. The molecule has 94 valence electrons. The minimum atomic E-state index is 0.484. The summed E-state index contributed by atoms with van der Waals surface area (Å²) >= 11 is 0. The van der Waals surface area contributed by atoms with E-state index in [-0.39, 0.29) is 0 Å². The Kier molecular flexibility index (Phi) is 5.00. The maximum Gasteiger partial charge on any atom is 0.206 e. The summed E-state index contributed by atoms with van der Waals surface area (Å²) in [7, 11) is 0. The summed E-state index contributed by atoms with van der Waals surface area (Å²) in [5, 5.41) is 0. The normalized spacial score (nSPS) is 9.32. The third-order valence-corrected chi connectivity index (χ3v) is 3.01. The maximum absolute atomic E-state index is 3.67. The van der Waals surface area contributed by atoms with Crippen LogP contribution >= 0.6 is 0 Å². The van der Waals surface area contributed by atoms with Crippen molar-refractivity contribution in [1.29, 1.82) is 0 Å². The molecule has 0 unspecified atom stereocenters. The molecule has 1 N–H and O–H groups in total. The smallest absolute Gasteiger partial charge is 0.206 e. The van der Waals surface area contributed by atoms with Crippen LogP contribution in [0.5, 0.6) is 0 Å². The number of aromatic amines is 1. The first-order valence-electron chi connectivity index (χ1n) is 6.40. The number of imidazole rings is 1. The molecule has 0 aliphatic rings. The van der Waals surface area contributed by atoms with Crippen molar-refractivity contribution in [3.05, 3.63) is 79.4 Å². The molecule has 2 nitrogen and oxygen atoms in total. The van der Waals surface area contributed by atoms with Gasteiger partial charge in [-0.15, -0.1) is 0 Å². The van der Waals surface area contributed by atoms with E-state index < -0.39 is 0 Å². The Morgan fingerprint density at radius 3 is 1.68 bits per heavy atom. The number of nitrogens with one attached hydrogen (secondary N) is 1. The van der Waals surface area contributed by atoms with Gasteiger partial charge in [0.2, 0.25) is 6.71 Å². The lowest BCUT2D eigenvalue weighted by Crippen LogP contribution is -2.38. The first-order chi connectivity index (χ1) is 9.38. The molecule has 0 bridgehead atoms. The summed E-state index contributed by atoms with van der Waals surface area (Å²) in [4.78, 5) is 6.42. The monoisotopic (exact) mass is 248 g/mol. The average molecular weight is 248 g/mol. The third kappa shape index (κ3) is 4.14. The lowest BCUT2D eigenvalue weighted by Gasteiger charge is -2.08. The Hall–Kier alpha value is -2.29. The molecule has 0 saturated carbocycles. The summed E-state index contributed by atoms with van der Waals surface area (Å²) in [5.41, 5.74) is 2.75. The highest BCUT2D eigenvalue weighted by atomic mass is 14.8. The summed E-state index contributed by atoms with van der Waals surface area (Å²) in [6, 6.07) is 21.2. The topological polar surface area (TPSA) is 28.7 Å². The van der Waals surface area contributed by atoms with Gasteiger partial charge >= 0.3 is 0 Å². The molecular formula is C16H17BN2. The fraction of sp³-hybridized carbons (Fsp3) is 0.0625. The molecule has 0 fully saturated rings. The number of benzene rings is 2. The Bertz CT molecular complexity index is 493. The van der Waals surface area contributed by atoms with Crippen molar-refractivity contribution >= 4 is 17.6 Å². The fourth-order valence-corrected chi connectivity index (χ4v) is 1.89. The molecule has 19 heavy (non-hydrogen) atoms. The molecule has 3 rings (SSSR count). The van der Waals surface area contributed by atoms with Crippen LogP contribution in [0.1, 0.15) is 0 Å². The molecule has 1 aromatic heterocycles. The Balaban J connectivity index is 0.000000224. The molecule has 1 heterocycles. The number of hydrogen-bond donors (Lipinski definition) is 1. The number of H-pyrrole nitrogens is 1. The van der Waals surface area contributed by atoms with Crippen molar-refractivity contribution in [3.8, 4) is 0 Å². The first kappa shape index (κ1) is 13.2. The molecular weight excluding hydrogens is 231 g/mol. The van der Waals surface area contributed by atoms with Gasteiger partial charge in [0.25, 0.3) is 0 Å². The van der Waals surface area contributed by atoms with E-state index in [1.807, 2.05) is 0 Å². The van der Waals surface area contributed by atoms with Gasteiger partial charge in [-0.2, -0.15) is 0 Å². The Morgan fingerprint density at radius 2 is 1.37 bits per heavy atom. The van der Waals surface area contributed by atoms with Crippen molar-refractivity contribution in [3.63, 3.8) is 0 Å². The number of aromatic nitrogens is 2. The summed E-state index contributed by atoms with van der Waals surface area (Å²) in [5.74, 6) is 0. The van der Waals surface area contributed by atoms with E-state index in [2.05, 4.69) is 77.5 Å². The SMILES string of the molecule is CB(c1ccccc1)c1ccccc1.c1c[nH]cn1.